The van der Waals surface area contributed by atoms with Gasteiger partial charge in [-0.15, -0.1) is 0 Å². The maximum absolute atomic E-state index is 12.8. The quantitative estimate of drug-likeness (QED) is 0.690. The van der Waals surface area contributed by atoms with E-state index in [0.29, 0.717) is 11.1 Å². The van der Waals surface area contributed by atoms with Crippen molar-refractivity contribution < 1.29 is 16.8 Å². The number of aromatic nitrogens is 1. The van der Waals surface area contributed by atoms with Crippen LogP contribution in [0.25, 0.3) is 10.9 Å². The maximum Gasteiger partial charge on any atom is 0.264 e. The Morgan fingerprint density at radius 3 is 2.50 bits per heavy atom. The molecule has 0 saturated carbocycles. The van der Waals surface area contributed by atoms with Gasteiger partial charge in [0, 0.05) is 17.3 Å². The van der Waals surface area contributed by atoms with Crippen molar-refractivity contribution in [2.24, 2.45) is 5.14 Å². The minimum absolute atomic E-state index is 0.0480. The number of nitrogens with two attached hydrogens (primary N) is 1. The Bertz CT molecular complexity index is 1190. The number of nitrogens with one attached hydrogen (secondary N) is 1. The smallest absolute Gasteiger partial charge is 0.264 e. The summed E-state index contributed by atoms with van der Waals surface area (Å²) >= 11 is 0. The van der Waals surface area contributed by atoms with E-state index < -0.39 is 20.0 Å². The number of hydrogen-bond donors (Lipinski definition) is 2. The molecule has 0 fully saturated rings. The first-order valence-electron chi connectivity index (χ1n) is 7.62. The lowest BCUT2D eigenvalue weighted by molar-refractivity contribution is 0.596. The normalized spacial score (nSPS) is 12.2. The van der Waals surface area contributed by atoms with Crippen LogP contribution < -0.4 is 9.86 Å². The zero-order chi connectivity index (χ0) is 18.9. The molecule has 7 nitrogen and oxygen atoms in total. The molecule has 0 aliphatic rings. The van der Waals surface area contributed by atoms with E-state index in [1.807, 2.05) is 13.0 Å². The molecule has 0 bridgehead atoms. The number of primary sulfonamides is 1. The topological polar surface area (TPSA) is 119 Å². The van der Waals surface area contributed by atoms with E-state index in [0.717, 1.165) is 10.9 Å². The molecule has 0 aliphatic heterocycles. The first-order valence-corrected chi connectivity index (χ1v) is 10.8. The van der Waals surface area contributed by atoms with Gasteiger partial charge in [-0.05, 0) is 42.3 Å². The van der Waals surface area contributed by atoms with Gasteiger partial charge in [0.2, 0.25) is 10.0 Å². The number of pyridine rings is 1. The van der Waals surface area contributed by atoms with Gasteiger partial charge in [-0.1, -0.05) is 24.3 Å². The fourth-order valence-electron chi connectivity index (χ4n) is 2.63. The molecule has 26 heavy (non-hydrogen) atoms. The van der Waals surface area contributed by atoms with Gasteiger partial charge in [0.1, 0.15) is 4.90 Å². The van der Waals surface area contributed by atoms with E-state index in [1.165, 1.54) is 18.2 Å². The minimum atomic E-state index is -3.91. The van der Waals surface area contributed by atoms with E-state index >= 15 is 0 Å². The zero-order valence-electron chi connectivity index (χ0n) is 13.9. The Balaban J connectivity index is 1.99. The van der Waals surface area contributed by atoms with Crippen molar-refractivity contribution in [1.29, 1.82) is 0 Å². The van der Waals surface area contributed by atoms with Crippen LogP contribution in [0.3, 0.4) is 0 Å². The molecule has 3 rings (SSSR count). The third-order valence-corrected chi connectivity index (χ3v) is 5.80. The van der Waals surface area contributed by atoms with Crippen LogP contribution in [0.2, 0.25) is 0 Å². The van der Waals surface area contributed by atoms with E-state index in [4.69, 9.17) is 5.14 Å². The fourth-order valence-corrected chi connectivity index (χ4v) is 4.50. The number of aryl methyl sites for hydroxylation is 1. The summed E-state index contributed by atoms with van der Waals surface area (Å²) in [5.74, 6) is -0.377. The maximum atomic E-state index is 12.8. The van der Waals surface area contributed by atoms with Crippen LogP contribution in [0.15, 0.2) is 59.6 Å². The van der Waals surface area contributed by atoms with E-state index in [-0.39, 0.29) is 16.3 Å². The molecule has 0 spiro atoms. The average Bonchev–Trinajstić information content (AvgIpc) is 2.52. The van der Waals surface area contributed by atoms with E-state index in [1.54, 1.807) is 30.5 Å². The van der Waals surface area contributed by atoms with Gasteiger partial charge in [-0.25, -0.2) is 22.0 Å². The molecule has 9 heteroatoms. The van der Waals surface area contributed by atoms with Gasteiger partial charge in [0.05, 0.1) is 11.3 Å². The molecule has 1 aromatic heterocycles. The number of anilines is 1. The van der Waals surface area contributed by atoms with Gasteiger partial charge in [0.15, 0.2) is 0 Å². The molecule has 3 aromatic rings. The Labute approximate surface area is 152 Å². The lowest BCUT2D eigenvalue weighted by Gasteiger charge is -2.11. The van der Waals surface area contributed by atoms with Crippen molar-refractivity contribution >= 4 is 36.6 Å². The van der Waals surface area contributed by atoms with Crippen LogP contribution in [0, 0.1) is 6.92 Å². The third-order valence-electron chi connectivity index (χ3n) is 3.65. The van der Waals surface area contributed by atoms with Crippen molar-refractivity contribution in [3.8, 4) is 0 Å². The summed E-state index contributed by atoms with van der Waals surface area (Å²) in [6.45, 7) is 1.88. The monoisotopic (exact) mass is 391 g/mol. The van der Waals surface area contributed by atoms with Gasteiger partial charge in [-0.2, -0.15) is 0 Å². The van der Waals surface area contributed by atoms with Crippen LogP contribution in [0.1, 0.15) is 11.1 Å². The van der Waals surface area contributed by atoms with Gasteiger partial charge < -0.3 is 0 Å². The highest BCUT2D eigenvalue weighted by molar-refractivity contribution is 7.93. The number of benzene rings is 2. The highest BCUT2D eigenvalue weighted by Crippen LogP contribution is 2.24. The number of hydrogen-bond acceptors (Lipinski definition) is 5. The summed E-state index contributed by atoms with van der Waals surface area (Å²) in [6.07, 6.45) is 1.61. The molecule has 0 aliphatic carbocycles. The van der Waals surface area contributed by atoms with Crippen molar-refractivity contribution in [2.75, 3.05) is 4.72 Å². The fraction of sp³-hybridized carbons (Fsp3) is 0.118. The molecule has 3 N–H and O–H groups in total. The molecule has 0 atom stereocenters. The van der Waals surface area contributed by atoms with Crippen molar-refractivity contribution in [3.05, 3.63) is 65.9 Å². The summed E-state index contributed by atoms with van der Waals surface area (Å²) in [7, 11) is -7.62. The highest BCUT2D eigenvalue weighted by Gasteiger charge is 2.19. The number of fused-ring (bicyclic) bond motifs is 1. The summed E-state index contributed by atoms with van der Waals surface area (Å²) in [5, 5.41) is 5.75. The van der Waals surface area contributed by atoms with E-state index in [9.17, 15) is 16.8 Å². The molecular weight excluding hydrogens is 374 g/mol. The number of rotatable bonds is 5. The summed E-state index contributed by atoms with van der Waals surface area (Å²) in [4.78, 5) is 4.29. The van der Waals surface area contributed by atoms with Crippen LogP contribution >= 0.6 is 0 Å². The Kier molecular flexibility index (Phi) is 4.70. The predicted molar refractivity (Wildman–Crippen MR) is 101 cm³/mol. The average molecular weight is 391 g/mol. The second-order valence-corrected chi connectivity index (χ2v) is 9.22. The van der Waals surface area contributed by atoms with Gasteiger partial charge >= 0.3 is 0 Å². The standard InChI is InChI=1S/C17H17N3O4S2/c1-12-8-14-5-3-7-16(17(14)19-10-12)26(23,24)20-15-6-2-4-13(9-15)11-25(18,21)22/h2-10,20H,11H2,1H3,(H2,18,21,22). The van der Waals surface area contributed by atoms with E-state index in [2.05, 4.69) is 9.71 Å². The molecule has 136 valence electrons. The van der Waals surface area contributed by atoms with Crippen molar-refractivity contribution in [2.45, 2.75) is 17.6 Å². The molecule has 0 saturated heterocycles. The molecule has 0 unspecified atom stereocenters. The Morgan fingerprint density at radius 2 is 1.77 bits per heavy atom. The Hall–Kier alpha value is -2.49. The third kappa shape index (κ3) is 4.18. The number of nitrogens with zero attached hydrogens (tertiary/aromatic N) is 1. The first kappa shape index (κ1) is 18.3. The van der Waals surface area contributed by atoms with Crippen LogP contribution in [0.4, 0.5) is 5.69 Å². The van der Waals surface area contributed by atoms with Crippen LogP contribution in [-0.2, 0) is 25.8 Å². The van der Waals surface area contributed by atoms with Crippen molar-refractivity contribution in [1.82, 2.24) is 4.98 Å². The second kappa shape index (κ2) is 6.67. The number of para-hydroxylation sites is 1. The Morgan fingerprint density at radius 1 is 1.04 bits per heavy atom. The predicted octanol–water partition coefficient (Wildman–Crippen LogP) is 2.13. The highest BCUT2D eigenvalue weighted by atomic mass is 32.2. The van der Waals surface area contributed by atoms with Gasteiger partial charge in [-0.3, -0.25) is 9.71 Å². The van der Waals surface area contributed by atoms with Crippen LogP contribution in [0.5, 0.6) is 0 Å². The SMILES string of the molecule is Cc1cnc2c(S(=O)(=O)Nc3cccc(CS(N)(=O)=O)c3)cccc2c1. The molecule has 2 aromatic carbocycles. The first-order chi connectivity index (χ1) is 12.1. The molecular formula is C17H17N3O4S2. The number of sulfonamides is 2. The second-order valence-electron chi connectivity index (χ2n) is 5.95. The lowest BCUT2D eigenvalue weighted by atomic mass is 10.2. The lowest BCUT2D eigenvalue weighted by Crippen LogP contribution is -2.16. The molecule has 0 radical (unpaired) electrons. The van der Waals surface area contributed by atoms with Gasteiger partial charge in [0.25, 0.3) is 10.0 Å². The molecule has 0 amide bonds. The van der Waals surface area contributed by atoms with Crippen molar-refractivity contribution in [3.63, 3.8) is 0 Å². The minimum Gasteiger partial charge on any atom is -0.280 e. The summed E-state index contributed by atoms with van der Waals surface area (Å²) in [5.41, 5.74) is 1.93. The largest absolute Gasteiger partial charge is 0.280 e. The molecule has 1 heterocycles. The zero-order valence-corrected chi connectivity index (χ0v) is 15.5. The van der Waals surface area contributed by atoms with Crippen LogP contribution in [-0.4, -0.2) is 21.8 Å². The summed E-state index contributed by atoms with van der Waals surface area (Å²) in [6, 6.07) is 12.9. The summed E-state index contributed by atoms with van der Waals surface area (Å²) < 4.78 is 50.5.